The van der Waals surface area contributed by atoms with Gasteiger partial charge < -0.3 is 39.1 Å². The number of hydrogen-bond acceptors (Lipinski definition) is 8. The van der Waals surface area contributed by atoms with Gasteiger partial charge in [0.05, 0.1) is 56.0 Å². The van der Waals surface area contributed by atoms with Crippen molar-refractivity contribution in [3.8, 4) is 33.8 Å². The monoisotopic (exact) mass is 826 g/mol. The van der Waals surface area contributed by atoms with Crippen molar-refractivity contribution in [2.24, 2.45) is 0 Å². The van der Waals surface area contributed by atoms with Gasteiger partial charge in [-0.1, -0.05) is 24.3 Å². The Balaban J connectivity index is 1.35. The van der Waals surface area contributed by atoms with Crippen LogP contribution in [-0.2, 0) is 9.47 Å². The third kappa shape index (κ3) is 7.77. The number of fused-ring (bicyclic) bond motifs is 8. The summed E-state index contributed by atoms with van der Waals surface area (Å²) in [6, 6.07) is 23.8. The normalized spacial score (nSPS) is 13.3. The first-order chi connectivity index (χ1) is 25.3. The molecule has 5 aromatic rings. The first kappa shape index (κ1) is 35.8. The van der Waals surface area contributed by atoms with Crippen molar-refractivity contribution < 1.29 is 29.2 Å². The number of hydrogen-bond donors (Lipinski definition) is 4. The number of aliphatic hydroxyl groups excluding tert-OH is 2. The van der Waals surface area contributed by atoms with Crippen LogP contribution in [0.4, 0.5) is 0 Å². The second-order valence-electron chi connectivity index (χ2n) is 12.1. The number of halogens is 2. The molecule has 266 valence electrons. The van der Waals surface area contributed by atoms with E-state index in [2.05, 4.69) is 41.8 Å². The van der Waals surface area contributed by atoms with Crippen molar-refractivity contribution in [3.63, 3.8) is 0 Å². The second kappa shape index (κ2) is 16.0. The van der Waals surface area contributed by atoms with E-state index in [0.29, 0.717) is 37.6 Å². The molecule has 0 spiro atoms. The number of H-pyrrole nitrogens is 2. The summed E-state index contributed by atoms with van der Waals surface area (Å²) < 4.78 is 23.1. The lowest BCUT2D eigenvalue weighted by Gasteiger charge is -2.11. The predicted octanol–water partition coefficient (Wildman–Crippen LogP) is 8.98. The maximum atomic E-state index is 9.69. The molecule has 4 N–H and O–H groups in total. The molecule has 12 heteroatoms. The maximum Gasteiger partial charge on any atom is 0.157 e. The summed E-state index contributed by atoms with van der Waals surface area (Å²) in [7, 11) is 2.93. The van der Waals surface area contributed by atoms with Crippen molar-refractivity contribution in [1.82, 2.24) is 19.9 Å². The predicted molar refractivity (Wildman–Crippen MR) is 211 cm³/mol. The minimum atomic E-state index is -0.861. The Morgan fingerprint density at radius 1 is 0.538 bits per heavy atom. The van der Waals surface area contributed by atoms with Gasteiger partial charge in [-0.25, -0.2) is 9.97 Å². The Morgan fingerprint density at radius 2 is 0.904 bits per heavy atom. The quantitative estimate of drug-likeness (QED) is 0.0898. The smallest absolute Gasteiger partial charge is 0.157 e. The van der Waals surface area contributed by atoms with Crippen LogP contribution in [0, 0.1) is 0 Å². The molecular weight excluding hydrogens is 792 g/mol. The fraction of sp³-hybridized carbons (Fsp3) is 0.200. The Labute approximate surface area is 317 Å². The molecule has 3 aromatic heterocycles. The molecule has 2 atom stereocenters. The summed E-state index contributed by atoms with van der Waals surface area (Å²) in [6.45, 7) is 0.653. The summed E-state index contributed by atoms with van der Waals surface area (Å²) in [6.07, 6.45) is 7.05. The molecule has 8 bridgehead atoms. The van der Waals surface area contributed by atoms with Crippen LogP contribution in [0.1, 0.15) is 35.6 Å². The SMILES string of the molecule is COC(O)CCOc1ccc(-c2c3nc(c(Br)c4ccc([nH]4)c(-c4ccc(OCCC(O)OC)cc4)c4nc(c(Br)c5ccc2[nH]5)C=C4)C=C3)cc1. The highest BCUT2D eigenvalue weighted by Gasteiger charge is 2.17. The first-order valence-electron chi connectivity index (χ1n) is 16.7. The summed E-state index contributed by atoms with van der Waals surface area (Å²) in [5, 5.41) is 19.4. The Hall–Kier alpha value is -4.56. The van der Waals surface area contributed by atoms with E-state index in [9.17, 15) is 10.2 Å². The van der Waals surface area contributed by atoms with Gasteiger partial charge >= 0.3 is 0 Å². The number of aromatic nitrogens is 4. The summed E-state index contributed by atoms with van der Waals surface area (Å²) in [5.41, 5.74) is 10.4. The van der Waals surface area contributed by atoms with Crippen LogP contribution in [0.5, 0.6) is 11.5 Å². The summed E-state index contributed by atoms with van der Waals surface area (Å²) >= 11 is 7.68. The van der Waals surface area contributed by atoms with E-state index in [1.165, 1.54) is 14.2 Å². The van der Waals surface area contributed by atoms with Crippen molar-refractivity contribution in [2.75, 3.05) is 27.4 Å². The van der Waals surface area contributed by atoms with Gasteiger partial charge in [-0.2, -0.15) is 0 Å². The Kier molecular flexibility index (Phi) is 11.0. The average molecular weight is 829 g/mol. The standard InChI is InChI=1S/C40H36Br2N4O6/c1-49-35(47)19-21-51-25-7-3-23(4-8-25)37-27-11-15-31(43-27)39(41)33-17-13-29(45-33)38(24-5-9-26(10-6-24)52-22-20-36(48)50-2)30-14-18-34(46-30)40(42)32-16-12-28(37)44-32/h3-18,35-36,43,46-48H,19-22H2,1-2H3. The molecule has 0 aliphatic carbocycles. The highest BCUT2D eigenvalue weighted by atomic mass is 79.9. The van der Waals surface area contributed by atoms with Crippen molar-refractivity contribution in [1.29, 1.82) is 0 Å². The molecular formula is C40H36Br2N4O6. The lowest BCUT2D eigenvalue weighted by Crippen LogP contribution is -2.13. The molecule has 5 heterocycles. The molecule has 0 amide bonds. The molecule has 2 unspecified atom stereocenters. The van der Waals surface area contributed by atoms with E-state index in [0.717, 1.165) is 76.0 Å². The van der Waals surface area contributed by atoms with Gasteiger partial charge in [-0.3, -0.25) is 0 Å². The number of aromatic amines is 2. The first-order valence-corrected chi connectivity index (χ1v) is 18.3. The van der Waals surface area contributed by atoms with Gasteiger partial charge in [0.15, 0.2) is 12.6 Å². The zero-order chi connectivity index (χ0) is 36.2. The second-order valence-corrected chi connectivity index (χ2v) is 13.7. The van der Waals surface area contributed by atoms with E-state index in [4.69, 9.17) is 28.9 Å². The zero-order valence-electron chi connectivity index (χ0n) is 28.4. The molecule has 10 nitrogen and oxygen atoms in total. The van der Waals surface area contributed by atoms with Crippen LogP contribution >= 0.6 is 31.9 Å². The van der Waals surface area contributed by atoms with Gasteiger partial charge in [-0.05, 0) is 116 Å². The number of benzene rings is 2. The van der Waals surface area contributed by atoms with Crippen molar-refractivity contribution in [2.45, 2.75) is 25.4 Å². The lowest BCUT2D eigenvalue weighted by molar-refractivity contribution is -0.0838. The van der Waals surface area contributed by atoms with Crippen LogP contribution in [0.25, 0.3) is 68.6 Å². The van der Waals surface area contributed by atoms with Gasteiger partial charge in [0.25, 0.3) is 0 Å². The minimum Gasteiger partial charge on any atom is -0.493 e. The highest BCUT2D eigenvalue weighted by Crippen LogP contribution is 2.36. The maximum absolute atomic E-state index is 9.69. The zero-order valence-corrected chi connectivity index (χ0v) is 31.6. The third-order valence-electron chi connectivity index (χ3n) is 8.72. The third-order valence-corrected chi connectivity index (χ3v) is 10.4. The minimum absolute atomic E-state index is 0.326. The fourth-order valence-electron chi connectivity index (χ4n) is 5.97. The molecule has 0 saturated heterocycles. The molecule has 0 saturated carbocycles. The van der Waals surface area contributed by atoms with Crippen LogP contribution in [0.3, 0.4) is 0 Å². The molecule has 2 aliphatic rings. The molecule has 0 fully saturated rings. The van der Waals surface area contributed by atoms with Gasteiger partial charge in [0.1, 0.15) is 11.5 Å². The number of nitrogens with one attached hydrogen (secondary N) is 2. The molecule has 2 aromatic carbocycles. The number of nitrogens with zero attached hydrogens (tertiary/aromatic N) is 2. The largest absolute Gasteiger partial charge is 0.493 e. The van der Waals surface area contributed by atoms with Gasteiger partial charge in [-0.15, -0.1) is 0 Å². The Bertz CT molecular complexity index is 2140. The molecule has 0 radical (unpaired) electrons. The van der Waals surface area contributed by atoms with Crippen molar-refractivity contribution >= 4 is 78.2 Å². The van der Waals surface area contributed by atoms with Crippen LogP contribution in [0.15, 0.2) is 81.7 Å². The van der Waals surface area contributed by atoms with Crippen LogP contribution in [0.2, 0.25) is 0 Å². The van der Waals surface area contributed by atoms with Crippen LogP contribution in [-0.4, -0.2) is 70.2 Å². The summed E-state index contributed by atoms with van der Waals surface area (Å²) in [5.74, 6) is 1.38. The summed E-state index contributed by atoms with van der Waals surface area (Å²) in [4.78, 5) is 17.4. The number of aliphatic hydroxyl groups is 2. The fourth-order valence-corrected chi connectivity index (χ4v) is 6.87. The van der Waals surface area contributed by atoms with Crippen molar-refractivity contribution in [3.05, 3.63) is 105 Å². The topological polar surface area (TPSA) is 135 Å². The Morgan fingerprint density at radius 3 is 1.29 bits per heavy atom. The molecule has 2 aliphatic heterocycles. The average Bonchev–Trinajstić information content (AvgIpc) is 4.01. The van der Waals surface area contributed by atoms with Gasteiger partial charge in [0.2, 0.25) is 0 Å². The van der Waals surface area contributed by atoms with E-state index in [1.807, 2.05) is 97.1 Å². The number of rotatable bonds is 12. The van der Waals surface area contributed by atoms with E-state index >= 15 is 0 Å². The van der Waals surface area contributed by atoms with Gasteiger partial charge in [0, 0.05) is 49.2 Å². The number of methoxy groups -OCH3 is 2. The molecule has 52 heavy (non-hydrogen) atoms. The van der Waals surface area contributed by atoms with Crippen LogP contribution < -0.4 is 9.47 Å². The van der Waals surface area contributed by atoms with E-state index in [-0.39, 0.29) is 0 Å². The number of ether oxygens (including phenoxy) is 4. The highest BCUT2D eigenvalue weighted by molar-refractivity contribution is 9.11. The van der Waals surface area contributed by atoms with E-state index < -0.39 is 12.6 Å². The van der Waals surface area contributed by atoms with E-state index in [1.54, 1.807) is 0 Å². The molecule has 7 rings (SSSR count). The lowest BCUT2D eigenvalue weighted by atomic mass is 10.0.